The number of halogens is 3. The largest absolute Gasteiger partial charge is 0.491 e. The van der Waals surface area contributed by atoms with E-state index in [1.807, 2.05) is 6.08 Å². The van der Waals surface area contributed by atoms with Gasteiger partial charge in [0.1, 0.15) is 12.4 Å². The summed E-state index contributed by atoms with van der Waals surface area (Å²) in [6, 6.07) is 6.97. The van der Waals surface area contributed by atoms with E-state index >= 15 is 0 Å². The van der Waals surface area contributed by atoms with E-state index in [4.69, 9.17) is 27.9 Å². The van der Waals surface area contributed by atoms with Crippen LogP contribution in [-0.2, 0) is 19.2 Å². The molecule has 0 spiro atoms. The smallest absolute Gasteiger partial charge is 0.254 e. The van der Waals surface area contributed by atoms with E-state index in [2.05, 4.69) is 15.9 Å². The summed E-state index contributed by atoms with van der Waals surface area (Å²) in [6.45, 7) is 1.79. The van der Waals surface area contributed by atoms with Crippen LogP contribution in [0.5, 0.6) is 5.75 Å². The molecule has 1 N–H and O–H groups in total. The molecule has 4 aliphatic rings. The first-order chi connectivity index (χ1) is 17.2. The first-order valence-corrected chi connectivity index (χ1v) is 13.7. The van der Waals surface area contributed by atoms with Crippen LogP contribution in [0.1, 0.15) is 31.2 Å². The van der Waals surface area contributed by atoms with E-state index in [-0.39, 0.29) is 43.4 Å². The van der Waals surface area contributed by atoms with Crippen LogP contribution in [0, 0.1) is 17.8 Å². The van der Waals surface area contributed by atoms with Gasteiger partial charge in [-0.25, -0.2) is 0 Å². The fourth-order valence-corrected chi connectivity index (χ4v) is 7.90. The predicted octanol–water partition coefficient (Wildman–Crippen LogP) is 2.79. The summed E-state index contributed by atoms with van der Waals surface area (Å²) in [6.07, 6.45) is 2.16. The molecule has 5 rings (SSSR count). The Balaban J connectivity index is 1.73. The molecule has 2 heterocycles. The Morgan fingerprint density at radius 2 is 1.81 bits per heavy atom. The van der Waals surface area contributed by atoms with Gasteiger partial charge < -0.3 is 9.84 Å². The number of hydrogen-bond acceptors (Lipinski definition) is 6. The van der Waals surface area contributed by atoms with Crippen molar-refractivity contribution in [1.29, 1.82) is 0 Å². The average Bonchev–Trinajstić information content (AvgIpc) is 3.20. The van der Waals surface area contributed by atoms with E-state index in [0.29, 0.717) is 23.3 Å². The minimum atomic E-state index is -1.89. The normalized spacial score (nSPS) is 35.5. The minimum absolute atomic E-state index is 0.0110. The van der Waals surface area contributed by atoms with Gasteiger partial charge in [-0.3, -0.25) is 29.0 Å². The van der Waals surface area contributed by atoms with Crippen LogP contribution >= 0.6 is 39.1 Å². The van der Waals surface area contributed by atoms with Crippen LogP contribution in [-0.4, -0.2) is 73.5 Å². The summed E-state index contributed by atoms with van der Waals surface area (Å²) >= 11 is 17.6. The second kappa shape index (κ2) is 9.11. The second-order valence-corrected chi connectivity index (χ2v) is 11.3. The molecule has 8 nitrogen and oxygen atoms in total. The van der Waals surface area contributed by atoms with E-state index in [1.54, 1.807) is 31.2 Å². The number of benzene rings is 1. The number of para-hydroxylation sites is 1. The number of amides is 4. The zero-order valence-electron chi connectivity index (χ0n) is 19.5. The van der Waals surface area contributed by atoms with Crippen LogP contribution in [0.15, 0.2) is 35.9 Å². The van der Waals surface area contributed by atoms with Crippen molar-refractivity contribution in [3.63, 3.8) is 0 Å². The molecule has 1 aromatic rings. The number of nitrogens with zero attached hydrogens (tertiary/aromatic N) is 2. The molecule has 2 aliphatic heterocycles. The molecule has 2 aliphatic carbocycles. The lowest BCUT2D eigenvalue weighted by Gasteiger charge is -2.51. The third-order valence-electron chi connectivity index (χ3n) is 8.00. The highest BCUT2D eigenvalue weighted by molar-refractivity contribution is 9.09. The zero-order chi connectivity index (χ0) is 26.0. The van der Waals surface area contributed by atoms with E-state index in [9.17, 15) is 24.3 Å². The van der Waals surface area contributed by atoms with Crippen molar-refractivity contribution < 1.29 is 29.0 Å². The van der Waals surface area contributed by atoms with Crippen molar-refractivity contribution >= 4 is 62.8 Å². The SMILES string of the molecule is CCN1C(=O)C2CC=C3C(CC4(Cl)C(=O)N(CBr)C(=O)C4(Cl)C3c3ccccc3OCCO)C2C1=O. The van der Waals surface area contributed by atoms with Gasteiger partial charge in [0, 0.05) is 18.0 Å². The van der Waals surface area contributed by atoms with Gasteiger partial charge in [-0.05, 0) is 31.7 Å². The van der Waals surface area contributed by atoms with E-state index < -0.39 is 45.2 Å². The number of imide groups is 2. The number of carbonyl (C=O) groups excluding carboxylic acids is 4. The third-order valence-corrected chi connectivity index (χ3v) is 9.92. The fourth-order valence-electron chi connectivity index (χ4n) is 6.48. The molecular weight excluding hydrogens is 575 g/mol. The summed E-state index contributed by atoms with van der Waals surface area (Å²) in [4.78, 5) is 52.3. The second-order valence-electron chi connectivity index (χ2n) is 9.52. The van der Waals surface area contributed by atoms with Gasteiger partial charge in [-0.15, -0.1) is 23.2 Å². The van der Waals surface area contributed by atoms with Crippen LogP contribution in [0.25, 0.3) is 0 Å². The van der Waals surface area contributed by atoms with Gasteiger partial charge in [-0.2, -0.15) is 0 Å². The number of fused-ring (bicyclic) bond motifs is 4. The molecule has 0 bridgehead atoms. The van der Waals surface area contributed by atoms with Crippen molar-refractivity contribution in [2.24, 2.45) is 17.8 Å². The molecule has 0 radical (unpaired) electrons. The third kappa shape index (κ3) is 3.22. The molecule has 11 heteroatoms. The number of hydrogen-bond donors (Lipinski definition) is 1. The number of likely N-dealkylation sites (tertiary alicyclic amines) is 2. The first-order valence-electron chi connectivity index (χ1n) is 11.8. The standard InChI is InChI=1S/C25H25BrCl2N2O6/c1-2-29-20(32)15-8-7-13-16(18(15)21(29)33)11-24(27)22(34)30(12-26)23(35)25(24,28)19(13)14-5-3-4-6-17(14)36-10-9-31/h3-7,15-16,18-19,31H,2,8-12H2,1H3. The minimum Gasteiger partial charge on any atom is -0.491 e. The van der Waals surface area contributed by atoms with E-state index in [0.717, 1.165) is 4.90 Å². The highest BCUT2D eigenvalue weighted by atomic mass is 79.9. The van der Waals surface area contributed by atoms with Crippen molar-refractivity contribution in [3.05, 3.63) is 41.5 Å². The van der Waals surface area contributed by atoms with Crippen molar-refractivity contribution in [3.8, 4) is 5.75 Å². The number of rotatable bonds is 6. The van der Waals surface area contributed by atoms with Crippen molar-refractivity contribution in [2.75, 3.05) is 25.2 Å². The van der Waals surface area contributed by atoms with E-state index in [1.165, 1.54) is 4.90 Å². The van der Waals surface area contributed by atoms with Gasteiger partial charge in [0.25, 0.3) is 11.8 Å². The Morgan fingerprint density at radius 1 is 1.08 bits per heavy atom. The zero-order valence-corrected chi connectivity index (χ0v) is 22.6. The number of carbonyl (C=O) groups is 4. The summed E-state index contributed by atoms with van der Waals surface area (Å²) < 4.78 is 5.79. The van der Waals surface area contributed by atoms with Crippen LogP contribution in [0.3, 0.4) is 0 Å². The van der Waals surface area contributed by atoms with Gasteiger partial charge >= 0.3 is 0 Å². The highest BCUT2D eigenvalue weighted by Gasteiger charge is 2.76. The Bertz CT molecular complexity index is 1190. The summed E-state index contributed by atoms with van der Waals surface area (Å²) in [5, 5.41) is 9.34. The fraction of sp³-hybridized carbons (Fsp3) is 0.520. The summed E-state index contributed by atoms with van der Waals surface area (Å²) in [5.41, 5.74) is 1.15. The predicted molar refractivity (Wildman–Crippen MR) is 135 cm³/mol. The Kier molecular flexibility index (Phi) is 6.51. The number of aliphatic hydroxyl groups excluding tert-OH is 1. The molecule has 3 fully saturated rings. The van der Waals surface area contributed by atoms with Crippen LogP contribution in [0.4, 0.5) is 0 Å². The maximum atomic E-state index is 13.8. The van der Waals surface area contributed by atoms with Crippen molar-refractivity contribution in [1.82, 2.24) is 9.80 Å². The molecule has 0 aromatic heterocycles. The molecule has 36 heavy (non-hydrogen) atoms. The maximum absolute atomic E-state index is 13.8. The topological polar surface area (TPSA) is 104 Å². The van der Waals surface area contributed by atoms with Gasteiger partial charge in [-0.1, -0.05) is 45.8 Å². The molecule has 6 unspecified atom stereocenters. The van der Waals surface area contributed by atoms with Crippen LogP contribution in [0.2, 0.25) is 0 Å². The molecule has 4 amide bonds. The maximum Gasteiger partial charge on any atom is 0.254 e. The van der Waals surface area contributed by atoms with Crippen molar-refractivity contribution in [2.45, 2.75) is 35.4 Å². The van der Waals surface area contributed by atoms with Gasteiger partial charge in [0.2, 0.25) is 11.8 Å². The Hall–Kier alpha value is -1.94. The average molecular weight is 600 g/mol. The molecule has 2 saturated heterocycles. The number of allylic oxidation sites excluding steroid dienone is 2. The molecular formula is C25H25BrCl2N2O6. The monoisotopic (exact) mass is 598 g/mol. The highest BCUT2D eigenvalue weighted by Crippen LogP contribution is 2.66. The molecule has 1 saturated carbocycles. The number of aliphatic hydroxyl groups is 1. The number of ether oxygens (including phenoxy) is 1. The lowest BCUT2D eigenvalue weighted by Crippen LogP contribution is -2.60. The number of alkyl halides is 3. The first kappa shape index (κ1) is 25.7. The molecule has 6 atom stereocenters. The molecule has 192 valence electrons. The Labute approximate surface area is 226 Å². The lowest BCUT2D eigenvalue weighted by atomic mass is 9.56. The van der Waals surface area contributed by atoms with Crippen LogP contribution < -0.4 is 4.74 Å². The summed E-state index contributed by atoms with van der Waals surface area (Å²) in [7, 11) is 0. The summed E-state index contributed by atoms with van der Waals surface area (Å²) in [5.74, 6) is -4.09. The Morgan fingerprint density at radius 3 is 2.47 bits per heavy atom. The van der Waals surface area contributed by atoms with Gasteiger partial charge in [0.15, 0.2) is 9.75 Å². The quantitative estimate of drug-likeness (QED) is 0.233. The van der Waals surface area contributed by atoms with Gasteiger partial charge in [0.05, 0.1) is 23.9 Å². The molecule has 1 aromatic carbocycles. The lowest BCUT2D eigenvalue weighted by molar-refractivity contribution is -0.141.